The largest absolute Gasteiger partial charge is 0.326 e. The lowest BCUT2D eigenvalue weighted by Gasteiger charge is -2.18. The number of hydrogen-bond acceptors (Lipinski definition) is 13. The summed E-state index contributed by atoms with van der Waals surface area (Å²) in [6.07, 6.45) is 0.916. The quantitative estimate of drug-likeness (QED) is 0.0737. The van der Waals surface area contributed by atoms with E-state index in [1.807, 2.05) is 0 Å². The van der Waals surface area contributed by atoms with Crippen molar-refractivity contribution in [3.05, 3.63) is 94.4 Å². The van der Waals surface area contributed by atoms with Crippen LogP contribution in [-0.2, 0) is 35.1 Å². The zero-order chi connectivity index (χ0) is 40.0. The smallest absolute Gasteiger partial charge is 0.323 e. The fourth-order valence-corrected chi connectivity index (χ4v) is 9.07. The van der Waals surface area contributed by atoms with E-state index in [0.29, 0.717) is 11.4 Å². The molecule has 6 rings (SSSR count). The third-order valence-electron chi connectivity index (χ3n) is 7.79. The first-order valence-electron chi connectivity index (χ1n) is 15.4. The molecule has 0 bridgehead atoms. The average Bonchev–Trinajstić information content (AvgIpc) is 3.51. The van der Waals surface area contributed by atoms with E-state index in [2.05, 4.69) is 31.5 Å². The maximum Gasteiger partial charge on any atom is 0.323 e. The molecule has 5 aromatic rings. The monoisotopic (exact) mass is 826 g/mol. The first kappa shape index (κ1) is 38.8. The molecule has 1 heterocycles. The Morgan fingerprint density at radius 2 is 1.40 bits per heavy atom. The summed E-state index contributed by atoms with van der Waals surface area (Å²) in [5.41, 5.74) is 2.36. The lowest BCUT2D eigenvalue weighted by molar-refractivity contribution is -0.114. The van der Waals surface area contributed by atoms with Crippen LogP contribution < -0.4 is 21.4 Å². The molecular formula is C33H26N6O12S4. The number of hydrogen-bond donors (Lipinski definition) is 7. The lowest BCUT2D eigenvalue weighted by atomic mass is 9.94. The first-order chi connectivity index (χ1) is 25.7. The summed E-state index contributed by atoms with van der Waals surface area (Å²) in [7, 11) is -14.8. The first-order valence-corrected chi connectivity index (χ1v) is 20.5. The number of Topliss-reactive ketones (excluding diaryl/α,β-unsaturated/α-hetero) is 1. The molecule has 0 atom stereocenters. The molecular weight excluding hydrogens is 801 g/mol. The van der Waals surface area contributed by atoms with E-state index < -0.39 is 63.4 Å². The highest BCUT2D eigenvalue weighted by atomic mass is 32.2. The molecule has 4 aromatic carbocycles. The Labute approximate surface area is 316 Å². The topological polar surface area (TPSA) is 288 Å². The highest BCUT2D eigenvalue weighted by Crippen LogP contribution is 2.38. The van der Waals surface area contributed by atoms with E-state index in [1.165, 1.54) is 62.4 Å². The predicted octanol–water partition coefficient (Wildman–Crippen LogP) is 5.26. The molecule has 0 unspecified atom stereocenters. The van der Waals surface area contributed by atoms with Crippen molar-refractivity contribution in [2.75, 3.05) is 21.4 Å². The van der Waals surface area contributed by atoms with Crippen molar-refractivity contribution in [3.63, 3.8) is 0 Å². The number of allylic oxidation sites excluding steroid dienone is 1. The van der Waals surface area contributed by atoms with Gasteiger partial charge in [-0.1, -0.05) is 6.07 Å². The van der Waals surface area contributed by atoms with Crippen molar-refractivity contribution < 1.29 is 53.3 Å². The number of fused-ring (bicyclic) bond motifs is 2. The number of carbonyl (C=O) groups excluding carboxylic acids is 3. The van der Waals surface area contributed by atoms with Crippen LogP contribution in [0.5, 0.6) is 0 Å². The molecule has 55 heavy (non-hydrogen) atoms. The standard InChI is InChI=1S/C33H26N6O12S4/c1-16-3-11-25-30(31(16)55(49,50)51)52-32(37-25)18-4-12-24(26(14-18)53(43,44)45)38-39-28-27(54(46,47)48)15-19-13-22(9-10-23(19)29(28)41)36-33(42)35-21-7-5-20(6-8-21)34-17(2)40/h3-15,38H,1-2H3,(H,34,40)(H2,35,36,42)(H,43,44,45)(H,46,47,48)(H,49,50,51)/b39-28-. The number of amides is 3. The highest BCUT2D eigenvalue weighted by molar-refractivity contribution is 7.91. The van der Waals surface area contributed by atoms with Gasteiger partial charge in [0.15, 0.2) is 5.71 Å². The molecule has 0 saturated heterocycles. The lowest BCUT2D eigenvalue weighted by Crippen LogP contribution is -2.27. The van der Waals surface area contributed by atoms with Crippen LogP contribution >= 0.6 is 11.3 Å². The van der Waals surface area contributed by atoms with Gasteiger partial charge in [0, 0.05) is 35.1 Å². The van der Waals surface area contributed by atoms with E-state index >= 15 is 0 Å². The number of thiazole rings is 1. The zero-order valence-corrected chi connectivity index (χ0v) is 31.3. The molecule has 18 nitrogen and oxygen atoms in total. The van der Waals surface area contributed by atoms with E-state index in [0.717, 1.165) is 29.5 Å². The summed E-state index contributed by atoms with van der Waals surface area (Å²) >= 11 is 0.823. The summed E-state index contributed by atoms with van der Waals surface area (Å²) < 4.78 is 104. The summed E-state index contributed by atoms with van der Waals surface area (Å²) in [5, 5.41) is 11.6. The van der Waals surface area contributed by atoms with Gasteiger partial charge >= 0.3 is 6.03 Å². The molecule has 0 radical (unpaired) electrons. The number of benzene rings is 4. The molecule has 284 valence electrons. The van der Waals surface area contributed by atoms with Gasteiger partial charge in [0.05, 0.1) is 15.9 Å². The van der Waals surface area contributed by atoms with Crippen LogP contribution in [0.4, 0.5) is 27.5 Å². The molecule has 22 heteroatoms. The minimum absolute atomic E-state index is 0.0276. The van der Waals surface area contributed by atoms with Gasteiger partial charge < -0.3 is 16.0 Å². The Balaban J connectivity index is 1.29. The Morgan fingerprint density at radius 1 is 0.764 bits per heavy atom. The molecule has 0 saturated carbocycles. The van der Waals surface area contributed by atoms with Gasteiger partial charge in [-0.05, 0) is 90.9 Å². The Morgan fingerprint density at radius 3 is 2.02 bits per heavy atom. The van der Waals surface area contributed by atoms with Gasteiger partial charge in [0.1, 0.15) is 19.7 Å². The SMILES string of the molecule is CC(=O)Nc1ccc(NC(=O)Nc2ccc3c(c2)C=C(S(=O)(=O)O)/C(=N/Nc2ccc(-c4nc5ccc(C)c(S(=O)(=O)O)c5s4)cc2S(=O)(=O)O)C3=O)cc1. The molecule has 3 amide bonds. The van der Waals surface area contributed by atoms with Crippen LogP contribution in [0.1, 0.15) is 28.4 Å². The normalized spacial score (nSPS) is 13.9. The van der Waals surface area contributed by atoms with Crippen molar-refractivity contribution in [1.29, 1.82) is 0 Å². The maximum atomic E-state index is 13.5. The number of aryl methyl sites for hydroxylation is 1. The molecule has 0 fully saturated rings. The zero-order valence-electron chi connectivity index (χ0n) is 28.0. The van der Waals surface area contributed by atoms with Crippen molar-refractivity contribution in [2.24, 2.45) is 5.10 Å². The Hall–Kier alpha value is -5.88. The number of nitrogens with zero attached hydrogens (tertiary/aromatic N) is 2. The number of aromatic nitrogens is 1. The number of ketones is 1. The second kappa shape index (κ2) is 14.4. The van der Waals surface area contributed by atoms with Crippen molar-refractivity contribution in [3.8, 4) is 10.6 Å². The number of carbonyl (C=O) groups is 3. The number of rotatable bonds is 9. The number of hydrazone groups is 1. The van der Waals surface area contributed by atoms with Gasteiger partial charge in [-0.2, -0.15) is 30.4 Å². The average molecular weight is 827 g/mol. The van der Waals surface area contributed by atoms with Gasteiger partial charge in [-0.3, -0.25) is 28.7 Å². The third-order valence-corrected chi connectivity index (χ3v) is 11.9. The van der Waals surface area contributed by atoms with E-state index in [9.17, 15) is 53.3 Å². The van der Waals surface area contributed by atoms with Crippen LogP contribution in [0.25, 0.3) is 26.9 Å². The Bertz CT molecular complexity index is 2870. The Kier molecular flexibility index (Phi) is 10.2. The highest BCUT2D eigenvalue weighted by Gasteiger charge is 2.33. The number of urea groups is 1. The van der Waals surface area contributed by atoms with Crippen molar-refractivity contribution in [2.45, 2.75) is 23.6 Å². The van der Waals surface area contributed by atoms with E-state index in [-0.39, 0.29) is 54.0 Å². The summed E-state index contributed by atoms with van der Waals surface area (Å²) in [4.78, 5) is 39.6. The predicted molar refractivity (Wildman–Crippen MR) is 204 cm³/mol. The molecule has 1 aliphatic carbocycles. The van der Waals surface area contributed by atoms with Gasteiger partial charge in [-0.25, -0.2) is 9.78 Å². The fraction of sp³-hybridized carbons (Fsp3) is 0.0606. The van der Waals surface area contributed by atoms with Crippen LogP contribution in [0.3, 0.4) is 0 Å². The third kappa shape index (κ3) is 8.44. The molecule has 1 aliphatic rings. The van der Waals surface area contributed by atoms with Gasteiger partial charge in [-0.15, -0.1) is 11.3 Å². The molecule has 0 aliphatic heterocycles. The van der Waals surface area contributed by atoms with Crippen LogP contribution in [-0.4, -0.2) is 67.3 Å². The minimum atomic E-state index is -5.15. The molecule has 1 aromatic heterocycles. The van der Waals surface area contributed by atoms with Crippen molar-refractivity contribution in [1.82, 2.24) is 4.98 Å². The van der Waals surface area contributed by atoms with Crippen LogP contribution in [0.15, 0.2) is 92.6 Å². The summed E-state index contributed by atoms with van der Waals surface area (Å²) in [6.45, 7) is 2.81. The summed E-state index contributed by atoms with van der Waals surface area (Å²) in [5.74, 6) is -1.29. The van der Waals surface area contributed by atoms with Gasteiger partial charge in [0.25, 0.3) is 30.4 Å². The second-order valence-electron chi connectivity index (χ2n) is 11.8. The minimum Gasteiger partial charge on any atom is -0.326 e. The fourth-order valence-electron chi connectivity index (χ4n) is 5.44. The van der Waals surface area contributed by atoms with E-state index in [4.69, 9.17) is 0 Å². The maximum absolute atomic E-state index is 13.5. The van der Waals surface area contributed by atoms with Crippen LogP contribution in [0, 0.1) is 6.92 Å². The second-order valence-corrected chi connectivity index (χ2v) is 16.9. The van der Waals surface area contributed by atoms with Gasteiger partial charge in [0.2, 0.25) is 11.7 Å². The van der Waals surface area contributed by atoms with E-state index in [1.54, 1.807) is 12.1 Å². The molecule has 0 spiro atoms. The van der Waals surface area contributed by atoms with Crippen molar-refractivity contribution >= 4 is 104 Å². The summed E-state index contributed by atoms with van der Waals surface area (Å²) in [6, 6.07) is 15.7. The van der Waals surface area contributed by atoms with Crippen LogP contribution in [0.2, 0.25) is 0 Å². The number of nitrogens with one attached hydrogen (secondary N) is 4. The number of anilines is 4. The molecule has 7 N–H and O–H groups in total.